The minimum absolute atomic E-state index is 0.154. The van der Waals surface area contributed by atoms with E-state index in [9.17, 15) is 22.0 Å². The highest BCUT2D eigenvalue weighted by Gasteiger charge is 2.37. The molecule has 0 aliphatic heterocycles. The third-order valence-electron chi connectivity index (χ3n) is 7.34. The topological polar surface area (TPSA) is 9.23 Å². The van der Waals surface area contributed by atoms with Gasteiger partial charge in [0.05, 0.1) is 5.56 Å². The molecule has 8 heteroatoms. The van der Waals surface area contributed by atoms with Gasteiger partial charge >= 0.3 is 6.11 Å². The number of aryl methyl sites for hydroxylation is 1. The standard InChI is InChI=1S/C36H27F7O/c1-2-3-4-5-22-6-8-23(9-7-22)26-13-17-30(32(38)19-26)36(42,43)44-28-14-10-24(11-15-28)25-12-16-29(31(37)18-25)27-20-33(39)35(41)34(40)21-27/h6-21H,2-5H2,1H3. The zero-order chi connectivity index (χ0) is 31.4. The number of rotatable bonds is 10. The molecule has 0 heterocycles. The van der Waals surface area contributed by atoms with Gasteiger partial charge in [-0.3, -0.25) is 0 Å². The van der Waals surface area contributed by atoms with Gasteiger partial charge in [-0.25, -0.2) is 22.0 Å². The quantitative estimate of drug-likeness (QED) is 0.0871. The van der Waals surface area contributed by atoms with Crippen LogP contribution in [0.3, 0.4) is 0 Å². The van der Waals surface area contributed by atoms with E-state index in [1.807, 2.05) is 24.3 Å². The number of hydrogen-bond acceptors (Lipinski definition) is 1. The van der Waals surface area contributed by atoms with E-state index >= 15 is 8.78 Å². The molecule has 5 aromatic rings. The summed E-state index contributed by atoms with van der Waals surface area (Å²) in [6, 6.07) is 21.5. The van der Waals surface area contributed by atoms with Crippen LogP contribution in [0, 0.1) is 29.1 Å². The largest absolute Gasteiger partial charge is 0.429 e. The molecule has 226 valence electrons. The molecule has 0 saturated carbocycles. The van der Waals surface area contributed by atoms with Crippen LogP contribution < -0.4 is 4.74 Å². The molecule has 0 bridgehead atoms. The average Bonchev–Trinajstić information content (AvgIpc) is 3.00. The fraction of sp³-hybridized carbons (Fsp3) is 0.167. The van der Waals surface area contributed by atoms with Crippen LogP contribution in [0.25, 0.3) is 33.4 Å². The Kier molecular flexibility index (Phi) is 9.09. The van der Waals surface area contributed by atoms with E-state index in [0.717, 1.165) is 49.4 Å². The Morgan fingerprint density at radius 1 is 0.545 bits per heavy atom. The molecule has 0 aliphatic rings. The SMILES string of the molecule is CCCCCc1ccc(-c2ccc(C(F)(F)Oc3ccc(-c4ccc(-c5cc(F)c(F)c(F)c5)c(F)c4)cc3)c(F)c2)cc1. The van der Waals surface area contributed by atoms with Gasteiger partial charge in [0.1, 0.15) is 17.4 Å². The predicted molar refractivity (Wildman–Crippen MR) is 157 cm³/mol. The first-order chi connectivity index (χ1) is 21.1. The lowest BCUT2D eigenvalue weighted by Crippen LogP contribution is -2.23. The second-order valence-electron chi connectivity index (χ2n) is 10.4. The van der Waals surface area contributed by atoms with Crippen molar-refractivity contribution in [2.75, 3.05) is 0 Å². The first-order valence-electron chi connectivity index (χ1n) is 14.1. The molecule has 0 radical (unpaired) electrons. The number of hydrogen-bond donors (Lipinski definition) is 0. The lowest BCUT2D eigenvalue weighted by atomic mass is 9.99. The summed E-state index contributed by atoms with van der Waals surface area (Å²) in [6.07, 6.45) is 0.290. The van der Waals surface area contributed by atoms with Crippen molar-refractivity contribution < 1.29 is 35.5 Å². The number of halogens is 7. The zero-order valence-corrected chi connectivity index (χ0v) is 23.6. The van der Waals surface area contributed by atoms with Gasteiger partial charge in [-0.15, -0.1) is 0 Å². The molecule has 0 aliphatic carbocycles. The van der Waals surface area contributed by atoms with Crippen molar-refractivity contribution in [3.8, 4) is 39.1 Å². The van der Waals surface area contributed by atoms with Gasteiger partial charge in [-0.05, 0) is 88.7 Å². The number of unbranched alkanes of at least 4 members (excludes halogenated alkanes) is 2. The van der Waals surface area contributed by atoms with Crippen LogP contribution in [0.15, 0.2) is 97.1 Å². The van der Waals surface area contributed by atoms with Gasteiger partial charge in [0.25, 0.3) is 0 Å². The Morgan fingerprint density at radius 3 is 1.64 bits per heavy atom. The second-order valence-corrected chi connectivity index (χ2v) is 10.4. The molecule has 0 amide bonds. The van der Waals surface area contributed by atoms with E-state index in [2.05, 4.69) is 6.92 Å². The van der Waals surface area contributed by atoms with Gasteiger partial charge in [0.15, 0.2) is 17.5 Å². The minimum atomic E-state index is -3.99. The highest BCUT2D eigenvalue weighted by Crippen LogP contribution is 2.36. The summed E-state index contributed by atoms with van der Waals surface area (Å²) >= 11 is 0. The van der Waals surface area contributed by atoms with E-state index in [1.165, 1.54) is 42.5 Å². The van der Waals surface area contributed by atoms with Crippen LogP contribution in [0.2, 0.25) is 0 Å². The molecule has 0 fully saturated rings. The Hall–Kier alpha value is -4.59. The van der Waals surface area contributed by atoms with Crippen molar-refractivity contribution >= 4 is 0 Å². The molecule has 5 aromatic carbocycles. The summed E-state index contributed by atoms with van der Waals surface area (Å²) < 4.78 is 105. The fourth-order valence-corrected chi connectivity index (χ4v) is 4.93. The Bertz CT molecular complexity index is 1740. The molecule has 0 aromatic heterocycles. The van der Waals surface area contributed by atoms with Crippen LogP contribution in [0.5, 0.6) is 5.75 Å². The van der Waals surface area contributed by atoms with Crippen molar-refractivity contribution in [2.45, 2.75) is 38.7 Å². The predicted octanol–water partition coefficient (Wildman–Crippen LogP) is 11.2. The maximum absolute atomic E-state index is 15.0. The lowest BCUT2D eigenvalue weighted by Gasteiger charge is -2.19. The summed E-state index contributed by atoms with van der Waals surface area (Å²) in [7, 11) is 0. The van der Waals surface area contributed by atoms with Crippen LogP contribution in [-0.4, -0.2) is 0 Å². The molecule has 0 N–H and O–H groups in total. The Labute approximate surface area is 250 Å². The normalized spacial score (nSPS) is 11.5. The highest BCUT2D eigenvalue weighted by atomic mass is 19.3. The summed E-state index contributed by atoms with van der Waals surface area (Å²) in [4.78, 5) is 0. The molecule has 0 spiro atoms. The first-order valence-corrected chi connectivity index (χ1v) is 14.1. The van der Waals surface area contributed by atoms with Crippen molar-refractivity contribution in [3.05, 3.63) is 137 Å². The minimum Gasteiger partial charge on any atom is -0.429 e. The van der Waals surface area contributed by atoms with Crippen molar-refractivity contribution in [1.29, 1.82) is 0 Å². The number of benzene rings is 5. The van der Waals surface area contributed by atoms with E-state index in [4.69, 9.17) is 4.74 Å². The van der Waals surface area contributed by atoms with E-state index in [1.54, 1.807) is 0 Å². The Morgan fingerprint density at radius 2 is 1.07 bits per heavy atom. The van der Waals surface area contributed by atoms with Gasteiger partial charge < -0.3 is 4.74 Å². The first kappa shape index (κ1) is 30.9. The summed E-state index contributed by atoms with van der Waals surface area (Å²) in [5.74, 6) is -6.76. The van der Waals surface area contributed by atoms with Crippen LogP contribution >= 0.6 is 0 Å². The molecule has 0 unspecified atom stereocenters. The fourth-order valence-electron chi connectivity index (χ4n) is 4.93. The maximum atomic E-state index is 15.0. The van der Waals surface area contributed by atoms with E-state index in [0.29, 0.717) is 34.4 Å². The van der Waals surface area contributed by atoms with Crippen LogP contribution in [0.4, 0.5) is 30.7 Å². The monoisotopic (exact) mass is 608 g/mol. The summed E-state index contributed by atoms with van der Waals surface area (Å²) in [5, 5.41) is 0. The van der Waals surface area contributed by atoms with Crippen molar-refractivity contribution in [2.24, 2.45) is 0 Å². The molecule has 0 atom stereocenters. The molecular formula is C36H27F7O. The summed E-state index contributed by atoms with van der Waals surface area (Å²) in [6.45, 7) is 2.13. The van der Waals surface area contributed by atoms with Gasteiger partial charge in [0.2, 0.25) is 0 Å². The maximum Gasteiger partial charge on any atom is 0.429 e. The van der Waals surface area contributed by atoms with Crippen LogP contribution in [-0.2, 0) is 12.5 Å². The Balaban J connectivity index is 1.28. The third kappa shape index (κ3) is 6.80. The average molecular weight is 609 g/mol. The molecule has 5 rings (SSSR count). The van der Waals surface area contributed by atoms with Gasteiger partial charge in [0, 0.05) is 5.56 Å². The third-order valence-corrected chi connectivity index (χ3v) is 7.34. The van der Waals surface area contributed by atoms with E-state index in [-0.39, 0.29) is 16.9 Å². The molecule has 0 saturated heterocycles. The zero-order valence-electron chi connectivity index (χ0n) is 23.6. The molecule has 44 heavy (non-hydrogen) atoms. The van der Waals surface area contributed by atoms with Crippen molar-refractivity contribution in [1.82, 2.24) is 0 Å². The number of alkyl halides is 2. The van der Waals surface area contributed by atoms with Crippen LogP contribution in [0.1, 0.15) is 37.3 Å². The van der Waals surface area contributed by atoms with Gasteiger partial charge in [-0.2, -0.15) is 8.78 Å². The highest BCUT2D eigenvalue weighted by molar-refractivity contribution is 5.71. The molecule has 1 nitrogen and oxygen atoms in total. The summed E-state index contributed by atoms with van der Waals surface area (Å²) in [5.41, 5.74) is 1.82. The smallest absolute Gasteiger partial charge is 0.429 e. The van der Waals surface area contributed by atoms with Gasteiger partial charge in [-0.1, -0.05) is 74.4 Å². The number of ether oxygens (including phenoxy) is 1. The van der Waals surface area contributed by atoms with E-state index < -0.39 is 40.8 Å². The lowest BCUT2D eigenvalue weighted by molar-refractivity contribution is -0.187. The second kappa shape index (κ2) is 13.0. The molecular weight excluding hydrogens is 581 g/mol. The van der Waals surface area contributed by atoms with Crippen molar-refractivity contribution in [3.63, 3.8) is 0 Å².